The Bertz CT molecular complexity index is 374. The predicted octanol–water partition coefficient (Wildman–Crippen LogP) is 3.60. The summed E-state index contributed by atoms with van der Waals surface area (Å²) in [6.45, 7) is 7.03. The topological polar surface area (TPSA) is 9.23 Å². The molecule has 1 rings (SSSR count). The van der Waals surface area contributed by atoms with E-state index in [9.17, 15) is 0 Å². The molecule has 0 saturated heterocycles. The van der Waals surface area contributed by atoms with Crippen molar-refractivity contribution in [3.8, 4) is 18.1 Å². The van der Waals surface area contributed by atoms with E-state index in [0.29, 0.717) is 0 Å². The second kappa shape index (κ2) is 6.23. The van der Waals surface area contributed by atoms with Crippen molar-refractivity contribution in [2.45, 2.75) is 33.6 Å². The molecule has 0 aliphatic carbocycles. The van der Waals surface area contributed by atoms with E-state index in [1.54, 1.807) is 0 Å². The summed E-state index contributed by atoms with van der Waals surface area (Å²) in [4.78, 5) is 0. The predicted molar refractivity (Wildman–Crippen MR) is 68.7 cm³/mol. The van der Waals surface area contributed by atoms with Crippen molar-refractivity contribution >= 4 is 0 Å². The van der Waals surface area contributed by atoms with Crippen LogP contribution in [0.2, 0.25) is 0 Å². The highest BCUT2D eigenvalue weighted by Crippen LogP contribution is 2.23. The highest BCUT2D eigenvalue weighted by atomic mass is 16.5. The standard InChI is InChI=1S/C15H20O/c1-5-9-16-15-8-7-13(4)11-14(15)10-12(3)6-2/h2,7-8,11-12H,5,9-10H2,1,3-4H3. The number of aryl methyl sites for hydroxylation is 1. The molecule has 1 aromatic rings. The molecule has 0 aliphatic rings. The summed E-state index contributed by atoms with van der Waals surface area (Å²) < 4.78 is 5.72. The molecular weight excluding hydrogens is 196 g/mol. The Morgan fingerprint density at radius 1 is 1.44 bits per heavy atom. The average molecular weight is 216 g/mol. The fourth-order valence-electron chi connectivity index (χ4n) is 1.61. The van der Waals surface area contributed by atoms with Crippen molar-refractivity contribution in [3.05, 3.63) is 29.3 Å². The van der Waals surface area contributed by atoms with Gasteiger partial charge in [0.2, 0.25) is 0 Å². The molecule has 1 unspecified atom stereocenters. The minimum atomic E-state index is 0.255. The van der Waals surface area contributed by atoms with Gasteiger partial charge in [0.1, 0.15) is 5.75 Å². The zero-order chi connectivity index (χ0) is 12.0. The largest absolute Gasteiger partial charge is 0.493 e. The van der Waals surface area contributed by atoms with E-state index >= 15 is 0 Å². The van der Waals surface area contributed by atoms with E-state index in [4.69, 9.17) is 11.2 Å². The van der Waals surface area contributed by atoms with Crippen LogP contribution >= 0.6 is 0 Å². The molecule has 0 heterocycles. The Kier molecular flexibility index (Phi) is 4.92. The van der Waals surface area contributed by atoms with Crippen molar-refractivity contribution in [1.29, 1.82) is 0 Å². The summed E-state index contributed by atoms with van der Waals surface area (Å²) in [5, 5.41) is 0. The van der Waals surface area contributed by atoms with Crippen LogP contribution < -0.4 is 4.74 Å². The third-order valence-corrected chi connectivity index (χ3v) is 2.49. The summed E-state index contributed by atoms with van der Waals surface area (Å²) in [5.74, 6) is 4.00. The highest BCUT2D eigenvalue weighted by molar-refractivity contribution is 5.37. The second-order valence-electron chi connectivity index (χ2n) is 4.23. The van der Waals surface area contributed by atoms with Gasteiger partial charge in [0.05, 0.1) is 6.61 Å². The van der Waals surface area contributed by atoms with Gasteiger partial charge in [-0.1, -0.05) is 31.5 Å². The normalized spacial score (nSPS) is 11.9. The van der Waals surface area contributed by atoms with Gasteiger partial charge in [-0.05, 0) is 31.4 Å². The first-order valence-electron chi connectivity index (χ1n) is 5.85. The van der Waals surface area contributed by atoms with Crippen LogP contribution in [0.3, 0.4) is 0 Å². The van der Waals surface area contributed by atoms with Gasteiger partial charge in [0.15, 0.2) is 0 Å². The van der Waals surface area contributed by atoms with Crippen LogP contribution in [-0.4, -0.2) is 6.61 Å². The molecule has 0 fully saturated rings. The van der Waals surface area contributed by atoms with E-state index in [0.717, 1.165) is 25.2 Å². The molecule has 0 radical (unpaired) electrons. The van der Waals surface area contributed by atoms with Crippen molar-refractivity contribution in [2.24, 2.45) is 5.92 Å². The van der Waals surface area contributed by atoms with E-state index in [-0.39, 0.29) is 5.92 Å². The van der Waals surface area contributed by atoms with Gasteiger partial charge in [-0.15, -0.1) is 12.3 Å². The molecule has 0 aliphatic heterocycles. The molecule has 1 nitrogen and oxygen atoms in total. The summed E-state index contributed by atoms with van der Waals surface area (Å²) in [6, 6.07) is 6.29. The average Bonchev–Trinajstić information content (AvgIpc) is 2.28. The number of benzene rings is 1. The first-order valence-corrected chi connectivity index (χ1v) is 5.85. The molecule has 0 spiro atoms. The third kappa shape index (κ3) is 3.62. The van der Waals surface area contributed by atoms with Gasteiger partial charge < -0.3 is 4.74 Å². The molecule has 0 N–H and O–H groups in total. The summed E-state index contributed by atoms with van der Waals surface area (Å²) in [7, 11) is 0. The van der Waals surface area contributed by atoms with Crippen molar-refractivity contribution in [1.82, 2.24) is 0 Å². The van der Waals surface area contributed by atoms with Gasteiger partial charge >= 0.3 is 0 Å². The maximum absolute atomic E-state index is 5.72. The van der Waals surface area contributed by atoms with Gasteiger partial charge in [-0.2, -0.15) is 0 Å². The Morgan fingerprint density at radius 3 is 2.81 bits per heavy atom. The number of terminal acetylenes is 1. The van der Waals surface area contributed by atoms with E-state index in [2.05, 4.69) is 38.8 Å². The Labute approximate surface area is 98.8 Å². The van der Waals surface area contributed by atoms with Crippen LogP contribution in [0.1, 0.15) is 31.4 Å². The van der Waals surface area contributed by atoms with Crippen molar-refractivity contribution in [2.75, 3.05) is 6.61 Å². The lowest BCUT2D eigenvalue weighted by Gasteiger charge is -2.13. The van der Waals surface area contributed by atoms with E-state index in [1.807, 2.05) is 6.07 Å². The number of ether oxygens (including phenoxy) is 1. The second-order valence-corrected chi connectivity index (χ2v) is 4.23. The number of hydrogen-bond acceptors (Lipinski definition) is 1. The summed E-state index contributed by atoms with van der Waals surface area (Å²) in [6.07, 6.45) is 7.33. The van der Waals surface area contributed by atoms with Crippen molar-refractivity contribution < 1.29 is 4.74 Å². The van der Waals surface area contributed by atoms with Crippen LogP contribution in [0, 0.1) is 25.2 Å². The van der Waals surface area contributed by atoms with Crippen LogP contribution in [0.5, 0.6) is 5.75 Å². The summed E-state index contributed by atoms with van der Waals surface area (Å²) >= 11 is 0. The van der Waals surface area contributed by atoms with Gasteiger partial charge in [0.25, 0.3) is 0 Å². The summed E-state index contributed by atoms with van der Waals surface area (Å²) in [5.41, 5.74) is 2.47. The molecule has 16 heavy (non-hydrogen) atoms. The van der Waals surface area contributed by atoms with Gasteiger partial charge in [-0.25, -0.2) is 0 Å². The van der Waals surface area contributed by atoms with Crippen LogP contribution in [0.15, 0.2) is 18.2 Å². The smallest absolute Gasteiger partial charge is 0.122 e. The highest BCUT2D eigenvalue weighted by Gasteiger charge is 2.07. The minimum Gasteiger partial charge on any atom is -0.493 e. The zero-order valence-corrected chi connectivity index (χ0v) is 10.4. The molecule has 1 heteroatoms. The molecule has 0 saturated carbocycles. The Hall–Kier alpha value is -1.42. The Morgan fingerprint density at radius 2 is 2.19 bits per heavy atom. The fraction of sp³-hybridized carbons (Fsp3) is 0.467. The quantitative estimate of drug-likeness (QED) is 0.683. The van der Waals surface area contributed by atoms with Crippen molar-refractivity contribution in [3.63, 3.8) is 0 Å². The lowest BCUT2D eigenvalue weighted by molar-refractivity contribution is 0.313. The van der Waals surface area contributed by atoms with Crippen LogP contribution in [0.4, 0.5) is 0 Å². The SMILES string of the molecule is C#CC(C)Cc1cc(C)ccc1OCCC. The number of rotatable bonds is 5. The maximum Gasteiger partial charge on any atom is 0.122 e. The van der Waals surface area contributed by atoms with E-state index < -0.39 is 0 Å². The lowest BCUT2D eigenvalue weighted by atomic mass is 9.99. The van der Waals surface area contributed by atoms with Crippen LogP contribution in [-0.2, 0) is 6.42 Å². The molecule has 0 bridgehead atoms. The first kappa shape index (κ1) is 12.6. The molecule has 0 amide bonds. The van der Waals surface area contributed by atoms with Gasteiger partial charge in [-0.3, -0.25) is 0 Å². The fourth-order valence-corrected chi connectivity index (χ4v) is 1.61. The molecule has 1 aromatic carbocycles. The molecule has 86 valence electrons. The minimum absolute atomic E-state index is 0.255. The monoisotopic (exact) mass is 216 g/mol. The van der Waals surface area contributed by atoms with Gasteiger partial charge in [0, 0.05) is 5.92 Å². The first-order chi connectivity index (χ1) is 7.67. The van der Waals surface area contributed by atoms with E-state index in [1.165, 1.54) is 11.1 Å². The molecular formula is C15H20O. The lowest BCUT2D eigenvalue weighted by Crippen LogP contribution is -2.03. The number of hydrogen-bond donors (Lipinski definition) is 0. The molecule has 0 aromatic heterocycles. The Balaban J connectivity index is 2.85. The third-order valence-electron chi connectivity index (χ3n) is 2.49. The van der Waals surface area contributed by atoms with Crippen LogP contribution in [0.25, 0.3) is 0 Å². The maximum atomic E-state index is 5.72. The molecule has 1 atom stereocenters. The zero-order valence-electron chi connectivity index (χ0n) is 10.4.